The number of rotatable bonds is 12. The number of hydrogen-bond acceptors (Lipinski definition) is 5. The van der Waals surface area contributed by atoms with Crippen molar-refractivity contribution in [2.24, 2.45) is 5.92 Å². The van der Waals surface area contributed by atoms with Gasteiger partial charge >= 0.3 is 12.2 Å². The van der Waals surface area contributed by atoms with Crippen LogP contribution in [0.5, 0.6) is 0 Å². The monoisotopic (exact) mass is 552 g/mol. The van der Waals surface area contributed by atoms with Gasteiger partial charge in [-0.05, 0) is 72.9 Å². The van der Waals surface area contributed by atoms with Crippen LogP contribution in [0.25, 0.3) is 0 Å². The highest BCUT2D eigenvalue weighted by Crippen LogP contribution is 2.25. The van der Waals surface area contributed by atoms with Crippen molar-refractivity contribution in [3.63, 3.8) is 0 Å². The predicted molar refractivity (Wildman–Crippen MR) is 160 cm³/mol. The summed E-state index contributed by atoms with van der Waals surface area (Å²) in [5, 5.41) is 2.97. The molecule has 2 rings (SSSR count). The number of carbonyl (C=O) groups is 2. The van der Waals surface area contributed by atoms with Gasteiger partial charge in [-0.2, -0.15) is 0 Å². The average Bonchev–Trinajstić information content (AvgIpc) is 2.84. The van der Waals surface area contributed by atoms with Crippen molar-refractivity contribution in [2.75, 3.05) is 6.61 Å². The highest BCUT2D eigenvalue weighted by atomic mass is 16.6. The summed E-state index contributed by atoms with van der Waals surface area (Å²) in [6.07, 6.45) is -0.409. The smallest absolute Gasteiger partial charge is 0.410 e. The normalized spacial score (nSPS) is 14.0. The molecule has 1 N–H and O–H groups in total. The molecule has 0 aliphatic carbocycles. The first-order valence-corrected chi connectivity index (χ1v) is 13.9. The Bertz CT molecular complexity index is 1070. The second-order valence-electron chi connectivity index (χ2n) is 12.4. The van der Waals surface area contributed by atoms with Crippen molar-refractivity contribution in [1.82, 2.24) is 10.2 Å². The largest absolute Gasteiger partial charge is 0.444 e. The number of nitrogens with zero attached hydrogens (tertiary/aromatic N) is 1. The standard InChI is InChI=1S/C33H48N2O5/c1-24(2)29(34-30(36)39-32(4,5)6)20-28(23-38-22-27-18-14-11-15-19-27)25(3)35(31(37)40-33(7,8)9)21-26-16-12-10-13-17-26/h10-19,25,28-29H,1,20-23H2,2-9H3,(H,34,36)/t25-,28+,29?/m1/s1. The van der Waals surface area contributed by atoms with Crippen LogP contribution in [0.2, 0.25) is 0 Å². The molecule has 2 amide bonds. The summed E-state index contributed by atoms with van der Waals surface area (Å²) < 4.78 is 17.5. The minimum atomic E-state index is -0.649. The van der Waals surface area contributed by atoms with Gasteiger partial charge in [0.2, 0.25) is 0 Å². The Morgan fingerprint density at radius 2 is 1.40 bits per heavy atom. The third-order valence-electron chi connectivity index (χ3n) is 6.27. The maximum Gasteiger partial charge on any atom is 0.410 e. The van der Waals surface area contributed by atoms with E-state index in [0.29, 0.717) is 26.2 Å². The second kappa shape index (κ2) is 14.9. The molecule has 7 nitrogen and oxygen atoms in total. The zero-order valence-electron chi connectivity index (χ0n) is 25.5. The molecular weight excluding hydrogens is 504 g/mol. The van der Waals surface area contributed by atoms with Crippen LogP contribution < -0.4 is 5.32 Å². The Kier molecular flexibility index (Phi) is 12.2. The van der Waals surface area contributed by atoms with Gasteiger partial charge in [0.1, 0.15) is 11.2 Å². The van der Waals surface area contributed by atoms with Gasteiger partial charge in [0, 0.05) is 18.5 Å². The SMILES string of the molecule is C=C(C)C(C[C@@H](COCc1ccccc1)[C@@H](C)N(Cc1ccccc1)C(=O)OC(C)(C)C)NC(=O)OC(C)(C)C. The molecule has 0 saturated heterocycles. The molecule has 0 bridgehead atoms. The van der Waals surface area contributed by atoms with Crippen LogP contribution >= 0.6 is 0 Å². The van der Waals surface area contributed by atoms with Gasteiger partial charge in [-0.3, -0.25) is 0 Å². The molecule has 0 heterocycles. The van der Waals surface area contributed by atoms with Crippen LogP contribution in [-0.4, -0.2) is 47.0 Å². The molecule has 0 spiro atoms. The van der Waals surface area contributed by atoms with E-state index in [1.54, 1.807) is 4.90 Å². The summed E-state index contributed by atoms with van der Waals surface area (Å²) in [5.41, 5.74) is 1.57. The number of nitrogens with one attached hydrogen (secondary N) is 1. The molecule has 7 heteroatoms. The summed E-state index contributed by atoms with van der Waals surface area (Å²) >= 11 is 0. The van der Waals surface area contributed by atoms with Crippen LogP contribution in [0.3, 0.4) is 0 Å². The molecule has 3 atom stereocenters. The Morgan fingerprint density at radius 1 is 0.875 bits per heavy atom. The molecule has 2 aromatic rings. The lowest BCUT2D eigenvalue weighted by molar-refractivity contribution is -0.00468. The minimum Gasteiger partial charge on any atom is -0.444 e. The van der Waals surface area contributed by atoms with E-state index in [0.717, 1.165) is 16.7 Å². The zero-order valence-corrected chi connectivity index (χ0v) is 25.5. The molecule has 0 fully saturated rings. The van der Waals surface area contributed by atoms with E-state index in [4.69, 9.17) is 14.2 Å². The summed E-state index contributed by atoms with van der Waals surface area (Å²) in [6, 6.07) is 19.1. The highest BCUT2D eigenvalue weighted by molar-refractivity contribution is 5.69. The molecule has 2 aromatic carbocycles. The van der Waals surface area contributed by atoms with Crippen molar-refractivity contribution in [3.05, 3.63) is 83.9 Å². The maximum absolute atomic E-state index is 13.5. The minimum absolute atomic E-state index is 0.156. The van der Waals surface area contributed by atoms with Crippen LogP contribution in [0, 0.1) is 5.92 Å². The Morgan fingerprint density at radius 3 is 1.90 bits per heavy atom. The van der Waals surface area contributed by atoms with E-state index in [2.05, 4.69) is 11.9 Å². The number of hydrogen-bond donors (Lipinski definition) is 1. The molecule has 0 aromatic heterocycles. The number of carbonyl (C=O) groups excluding carboxylic acids is 2. The second-order valence-corrected chi connectivity index (χ2v) is 12.4. The first-order valence-electron chi connectivity index (χ1n) is 13.9. The Hall–Kier alpha value is -3.32. The fraction of sp³-hybridized carbons (Fsp3) is 0.515. The molecular formula is C33H48N2O5. The van der Waals surface area contributed by atoms with Gasteiger partial charge in [0.25, 0.3) is 0 Å². The van der Waals surface area contributed by atoms with Crippen molar-refractivity contribution >= 4 is 12.2 Å². The van der Waals surface area contributed by atoms with Gasteiger partial charge in [-0.25, -0.2) is 9.59 Å². The highest BCUT2D eigenvalue weighted by Gasteiger charge is 2.33. The topological polar surface area (TPSA) is 77.1 Å². The quantitative estimate of drug-likeness (QED) is 0.276. The van der Waals surface area contributed by atoms with Crippen LogP contribution in [0.1, 0.15) is 72.9 Å². The van der Waals surface area contributed by atoms with E-state index < -0.39 is 23.4 Å². The summed E-state index contributed by atoms with van der Waals surface area (Å²) in [6.45, 7) is 20.2. The average molecular weight is 553 g/mol. The Balaban J connectivity index is 2.34. The summed E-state index contributed by atoms with van der Waals surface area (Å²) in [7, 11) is 0. The molecule has 220 valence electrons. The van der Waals surface area contributed by atoms with E-state index in [-0.39, 0.29) is 18.0 Å². The van der Waals surface area contributed by atoms with Gasteiger partial charge in [-0.1, -0.05) is 72.8 Å². The molecule has 1 unspecified atom stereocenters. The van der Waals surface area contributed by atoms with Gasteiger partial charge in [0.15, 0.2) is 0 Å². The molecule has 0 saturated carbocycles. The van der Waals surface area contributed by atoms with Crippen molar-refractivity contribution in [2.45, 2.75) is 98.2 Å². The lowest BCUT2D eigenvalue weighted by Gasteiger charge is -2.37. The maximum atomic E-state index is 13.5. The lowest BCUT2D eigenvalue weighted by Crippen LogP contribution is -2.48. The number of alkyl carbamates (subject to hydrolysis) is 1. The molecule has 0 aliphatic rings. The van der Waals surface area contributed by atoms with E-state index >= 15 is 0 Å². The fourth-order valence-corrected chi connectivity index (χ4v) is 4.17. The van der Waals surface area contributed by atoms with E-state index in [1.807, 2.05) is 116 Å². The van der Waals surface area contributed by atoms with Crippen molar-refractivity contribution < 1.29 is 23.8 Å². The van der Waals surface area contributed by atoms with Crippen LogP contribution in [0.4, 0.5) is 9.59 Å². The molecule has 0 radical (unpaired) electrons. The summed E-state index contributed by atoms with van der Waals surface area (Å²) in [5.74, 6) is -0.156. The molecule has 0 aliphatic heterocycles. The number of amides is 2. The van der Waals surface area contributed by atoms with Gasteiger partial charge in [0.05, 0.1) is 19.3 Å². The first kappa shape index (κ1) is 32.9. The van der Waals surface area contributed by atoms with E-state index in [1.165, 1.54) is 0 Å². The van der Waals surface area contributed by atoms with Crippen LogP contribution in [0.15, 0.2) is 72.8 Å². The summed E-state index contributed by atoms with van der Waals surface area (Å²) in [4.78, 5) is 27.9. The third-order valence-corrected chi connectivity index (χ3v) is 6.27. The number of ether oxygens (including phenoxy) is 3. The zero-order chi connectivity index (χ0) is 29.9. The predicted octanol–water partition coefficient (Wildman–Crippen LogP) is 7.50. The number of benzene rings is 2. The third kappa shape index (κ3) is 12.2. The lowest BCUT2D eigenvalue weighted by atomic mass is 9.90. The van der Waals surface area contributed by atoms with Gasteiger partial charge in [-0.15, -0.1) is 0 Å². The van der Waals surface area contributed by atoms with Crippen molar-refractivity contribution in [1.29, 1.82) is 0 Å². The van der Waals surface area contributed by atoms with Crippen molar-refractivity contribution in [3.8, 4) is 0 Å². The van der Waals surface area contributed by atoms with Gasteiger partial charge < -0.3 is 24.4 Å². The molecule has 40 heavy (non-hydrogen) atoms. The van der Waals surface area contributed by atoms with E-state index in [9.17, 15) is 9.59 Å². The van der Waals surface area contributed by atoms with Crippen LogP contribution in [-0.2, 0) is 27.4 Å². The fourth-order valence-electron chi connectivity index (χ4n) is 4.17. The first-order chi connectivity index (χ1) is 18.6. The Labute approximate surface area is 240 Å².